The maximum absolute atomic E-state index is 12.6. The molecule has 0 fully saturated rings. The summed E-state index contributed by atoms with van der Waals surface area (Å²) in [6, 6.07) is 5.21. The minimum absolute atomic E-state index is 0.0955. The van der Waals surface area contributed by atoms with Gasteiger partial charge in [-0.2, -0.15) is 0 Å². The van der Waals surface area contributed by atoms with E-state index in [0.29, 0.717) is 36.3 Å². The second-order valence-electron chi connectivity index (χ2n) is 11.5. The lowest BCUT2D eigenvalue weighted by atomic mass is 9.86. The van der Waals surface area contributed by atoms with E-state index < -0.39 is 0 Å². The van der Waals surface area contributed by atoms with Crippen LogP contribution in [0.25, 0.3) is 0 Å². The summed E-state index contributed by atoms with van der Waals surface area (Å²) in [6.45, 7) is 18.5. The molecule has 0 unspecified atom stereocenters. The van der Waals surface area contributed by atoms with Gasteiger partial charge in [-0.3, -0.25) is 14.4 Å². The van der Waals surface area contributed by atoms with Crippen molar-refractivity contribution in [3.05, 3.63) is 18.2 Å². The Morgan fingerprint density at radius 1 is 0.545 bits per heavy atom. The molecule has 0 aliphatic heterocycles. The Bertz CT molecular complexity index is 719. The number of amides is 3. The van der Waals surface area contributed by atoms with Gasteiger partial charge in [-0.15, -0.1) is 0 Å². The molecule has 0 aliphatic rings. The van der Waals surface area contributed by atoms with Crippen molar-refractivity contribution >= 4 is 34.8 Å². The molecule has 0 radical (unpaired) electrons. The third-order valence-electron chi connectivity index (χ3n) is 6.57. The zero-order chi connectivity index (χ0) is 25.4. The first kappa shape index (κ1) is 28.7. The van der Waals surface area contributed by atoms with Crippen molar-refractivity contribution in [3.8, 4) is 0 Å². The summed E-state index contributed by atoms with van der Waals surface area (Å²) in [5, 5.41) is 8.81. The van der Waals surface area contributed by atoms with E-state index in [9.17, 15) is 14.4 Å². The van der Waals surface area contributed by atoms with Crippen LogP contribution in [0.3, 0.4) is 0 Å². The van der Waals surface area contributed by atoms with Crippen molar-refractivity contribution in [3.63, 3.8) is 0 Å². The van der Waals surface area contributed by atoms with Gasteiger partial charge in [-0.1, -0.05) is 81.6 Å². The predicted octanol–water partition coefficient (Wildman–Crippen LogP) is 6.98. The number of carbonyl (C=O) groups excluding carboxylic acids is 3. The molecule has 0 heterocycles. The Morgan fingerprint density at radius 2 is 0.758 bits per heavy atom. The van der Waals surface area contributed by atoms with E-state index in [0.717, 1.165) is 19.3 Å². The van der Waals surface area contributed by atoms with Gasteiger partial charge in [0.25, 0.3) is 0 Å². The number of nitrogens with one attached hydrogen (secondary N) is 3. The molecule has 3 N–H and O–H groups in total. The van der Waals surface area contributed by atoms with Crippen molar-refractivity contribution in [2.45, 2.75) is 101 Å². The fourth-order valence-corrected chi connectivity index (χ4v) is 3.14. The Hall–Kier alpha value is -2.37. The fraction of sp³-hybridized carbons (Fsp3) is 0.667. The van der Waals surface area contributed by atoms with Gasteiger partial charge >= 0.3 is 0 Å². The molecule has 0 bridgehead atoms. The van der Waals surface area contributed by atoms with Gasteiger partial charge < -0.3 is 16.0 Å². The zero-order valence-electron chi connectivity index (χ0n) is 22.2. The van der Waals surface area contributed by atoms with Gasteiger partial charge in [0.2, 0.25) is 17.7 Å². The molecule has 1 aromatic carbocycles. The minimum Gasteiger partial charge on any atom is -0.326 e. The van der Waals surface area contributed by atoms with Crippen LogP contribution in [0, 0.1) is 16.2 Å². The van der Waals surface area contributed by atoms with E-state index in [-0.39, 0.29) is 34.0 Å². The highest BCUT2D eigenvalue weighted by molar-refractivity contribution is 5.98. The first-order valence-corrected chi connectivity index (χ1v) is 12.1. The Kier molecular flexibility index (Phi) is 10.1. The molecule has 1 aromatic rings. The maximum Gasteiger partial charge on any atom is 0.224 e. The fourth-order valence-electron chi connectivity index (χ4n) is 3.14. The van der Waals surface area contributed by atoms with Crippen LogP contribution in [0.4, 0.5) is 17.1 Å². The third-order valence-corrected chi connectivity index (χ3v) is 6.57. The summed E-state index contributed by atoms with van der Waals surface area (Å²) in [6.07, 6.45) is 3.82. The highest BCUT2D eigenvalue weighted by Crippen LogP contribution is 2.30. The summed E-state index contributed by atoms with van der Waals surface area (Å²) in [5.74, 6) is -0.287. The summed E-state index contributed by atoms with van der Waals surface area (Å²) in [7, 11) is 0. The van der Waals surface area contributed by atoms with E-state index in [2.05, 4.69) is 78.3 Å². The smallest absolute Gasteiger partial charge is 0.224 e. The van der Waals surface area contributed by atoms with Crippen LogP contribution in [-0.2, 0) is 14.4 Å². The van der Waals surface area contributed by atoms with Crippen LogP contribution in [-0.4, -0.2) is 17.7 Å². The SMILES string of the molecule is CCC(C)(C)CC(=O)Nc1cc(NC(=O)CC(C)(C)CC)cc(NC(=O)CC(C)(C)CC)c1. The van der Waals surface area contributed by atoms with E-state index in [1.807, 2.05) is 0 Å². The van der Waals surface area contributed by atoms with Crippen LogP contribution < -0.4 is 16.0 Å². The molecule has 0 atom stereocenters. The molecule has 0 aliphatic carbocycles. The van der Waals surface area contributed by atoms with E-state index >= 15 is 0 Å². The summed E-state index contributed by atoms with van der Waals surface area (Å²) in [5.41, 5.74) is 1.32. The van der Waals surface area contributed by atoms with Crippen molar-refractivity contribution in [1.29, 1.82) is 0 Å². The number of hydrogen-bond acceptors (Lipinski definition) is 3. The van der Waals surface area contributed by atoms with Crippen molar-refractivity contribution in [2.24, 2.45) is 16.2 Å². The number of anilines is 3. The molecule has 6 nitrogen and oxygen atoms in total. The second-order valence-corrected chi connectivity index (χ2v) is 11.5. The van der Waals surface area contributed by atoms with Gasteiger partial charge in [-0.05, 0) is 34.4 Å². The minimum atomic E-state index is -0.107. The average molecular weight is 460 g/mol. The van der Waals surface area contributed by atoms with Crippen LogP contribution in [0.2, 0.25) is 0 Å². The zero-order valence-corrected chi connectivity index (χ0v) is 22.2. The number of carbonyl (C=O) groups is 3. The lowest BCUT2D eigenvalue weighted by Gasteiger charge is -2.23. The predicted molar refractivity (Wildman–Crippen MR) is 138 cm³/mol. The molecule has 0 spiro atoms. The van der Waals surface area contributed by atoms with Crippen LogP contribution in [0.5, 0.6) is 0 Å². The lowest BCUT2D eigenvalue weighted by molar-refractivity contribution is -0.118. The first-order chi connectivity index (χ1) is 15.1. The van der Waals surface area contributed by atoms with Gasteiger partial charge in [0.05, 0.1) is 0 Å². The summed E-state index contributed by atoms with van der Waals surface area (Å²) in [4.78, 5) is 37.9. The van der Waals surface area contributed by atoms with Crippen LogP contribution >= 0.6 is 0 Å². The molecule has 6 heteroatoms. The maximum atomic E-state index is 12.6. The standard InChI is InChI=1S/C27H45N3O3/c1-10-25(4,5)16-22(31)28-19-13-20(29-23(32)17-26(6,7)11-2)15-21(14-19)30-24(33)18-27(8,9)12-3/h13-15H,10-12,16-18H2,1-9H3,(H,28,31)(H,29,32)(H,30,33). The molecule has 33 heavy (non-hydrogen) atoms. The highest BCUT2D eigenvalue weighted by atomic mass is 16.2. The number of hydrogen-bond donors (Lipinski definition) is 3. The topological polar surface area (TPSA) is 87.3 Å². The Balaban J connectivity index is 3.12. The monoisotopic (exact) mass is 459 g/mol. The number of benzene rings is 1. The quantitative estimate of drug-likeness (QED) is 0.315. The molecule has 186 valence electrons. The molecule has 0 aromatic heterocycles. The van der Waals surface area contributed by atoms with Gasteiger partial charge in [0.1, 0.15) is 0 Å². The Morgan fingerprint density at radius 3 is 0.939 bits per heavy atom. The van der Waals surface area contributed by atoms with Crippen molar-refractivity contribution in [1.82, 2.24) is 0 Å². The van der Waals surface area contributed by atoms with Crippen molar-refractivity contribution < 1.29 is 14.4 Å². The van der Waals surface area contributed by atoms with Crippen LogP contribution in [0.1, 0.15) is 101 Å². The summed E-state index contributed by atoms with van der Waals surface area (Å²) < 4.78 is 0. The van der Waals surface area contributed by atoms with Gasteiger partial charge in [0, 0.05) is 36.3 Å². The molecule has 0 saturated carbocycles. The molecular weight excluding hydrogens is 414 g/mol. The lowest BCUT2D eigenvalue weighted by Crippen LogP contribution is -2.23. The largest absolute Gasteiger partial charge is 0.326 e. The third kappa shape index (κ3) is 10.9. The van der Waals surface area contributed by atoms with Crippen molar-refractivity contribution in [2.75, 3.05) is 16.0 Å². The van der Waals surface area contributed by atoms with E-state index in [1.165, 1.54) is 0 Å². The van der Waals surface area contributed by atoms with Crippen LogP contribution in [0.15, 0.2) is 18.2 Å². The number of rotatable bonds is 12. The molecule has 0 saturated heterocycles. The average Bonchev–Trinajstić information content (AvgIpc) is 2.66. The molecule has 3 amide bonds. The van der Waals surface area contributed by atoms with Gasteiger partial charge in [0.15, 0.2) is 0 Å². The van der Waals surface area contributed by atoms with Gasteiger partial charge in [-0.25, -0.2) is 0 Å². The second kappa shape index (κ2) is 11.7. The van der Waals surface area contributed by atoms with E-state index in [4.69, 9.17) is 0 Å². The summed E-state index contributed by atoms with van der Waals surface area (Å²) >= 11 is 0. The first-order valence-electron chi connectivity index (χ1n) is 12.1. The normalized spacial score (nSPS) is 12.3. The van der Waals surface area contributed by atoms with E-state index in [1.54, 1.807) is 18.2 Å². The molecule has 1 rings (SSSR count). The Labute approximate surface area is 200 Å². The highest BCUT2D eigenvalue weighted by Gasteiger charge is 2.23. The molecular formula is C27H45N3O3.